The predicted octanol–water partition coefficient (Wildman–Crippen LogP) is 4.01. The molecule has 3 atom stereocenters. The normalized spacial score (nSPS) is 16.6. The number of hydrogen-bond donors (Lipinski definition) is 4. The number of primary amides is 1. The molecule has 2 unspecified atom stereocenters. The molecule has 0 radical (unpaired) electrons. The highest BCUT2D eigenvalue weighted by Crippen LogP contribution is 2.43. The van der Waals surface area contributed by atoms with Crippen LogP contribution in [-0.4, -0.2) is 68.8 Å². The van der Waals surface area contributed by atoms with Gasteiger partial charge in [0.2, 0.25) is 5.91 Å². The van der Waals surface area contributed by atoms with Gasteiger partial charge in [-0.2, -0.15) is 0 Å². The Morgan fingerprint density at radius 1 is 1.02 bits per heavy atom. The van der Waals surface area contributed by atoms with Crippen molar-refractivity contribution in [3.63, 3.8) is 0 Å². The molecule has 0 saturated carbocycles. The summed E-state index contributed by atoms with van der Waals surface area (Å²) in [6.45, 7) is 1.13. The molecule has 3 aromatic rings. The number of carboxylic acids is 1. The summed E-state index contributed by atoms with van der Waals surface area (Å²) in [7, 11) is -1.80. The molecule has 17 heteroatoms. The van der Waals surface area contributed by atoms with Gasteiger partial charge in [-0.3, -0.25) is 19.7 Å². The third-order valence-electron chi connectivity index (χ3n) is 7.85. The SMILES string of the molecule is CCS(=O)(=O)c1ccc(NC(=O)OC)cc1C1C(C(=O)O)CCN1C(=O)[C@@H](Nc1cc(C(N)=O)c(F)cc1F)c1ccc(F)c(OC)c1. The van der Waals surface area contributed by atoms with Crippen molar-refractivity contribution >= 4 is 45.1 Å². The smallest absolute Gasteiger partial charge is 0.411 e. The van der Waals surface area contributed by atoms with Crippen LogP contribution >= 0.6 is 0 Å². The number of nitrogens with zero attached hydrogens (tertiary/aromatic N) is 1. The number of rotatable bonds is 11. The molecular weight excluding hydrogens is 661 g/mol. The Morgan fingerprint density at radius 3 is 2.33 bits per heavy atom. The van der Waals surface area contributed by atoms with Gasteiger partial charge in [0.1, 0.15) is 17.7 Å². The fraction of sp³-hybridized carbons (Fsp3) is 0.290. The Labute approximate surface area is 272 Å². The van der Waals surface area contributed by atoms with Gasteiger partial charge in [-0.25, -0.2) is 26.4 Å². The lowest BCUT2D eigenvalue weighted by molar-refractivity contribution is -0.143. The largest absolute Gasteiger partial charge is 0.494 e. The fourth-order valence-corrected chi connectivity index (χ4v) is 6.59. The van der Waals surface area contributed by atoms with Gasteiger partial charge in [0.15, 0.2) is 21.4 Å². The van der Waals surface area contributed by atoms with Crippen molar-refractivity contribution in [1.82, 2.24) is 4.90 Å². The number of halogens is 3. The molecule has 5 N–H and O–H groups in total. The van der Waals surface area contributed by atoms with E-state index in [2.05, 4.69) is 15.4 Å². The molecule has 1 saturated heterocycles. The molecular formula is C31H31F3N4O9S. The molecule has 4 rings (SSSR count). The number of nitrogens with two attached hydrogens (primary N) is 1. The van der Waals surface area contributed by atoms with E-state index in [1.165, 1.54) is 25.1 Å². The van der Waals surface area contributed by atoms with E-state index in [1.807, 2.05) is 0 Å². The van der Waals surface area contributed by atoms with Gasteiger partial charge in [-0.05, 0) is 53.9 Å². The first kappa shape index (κ1) is 35.5. The van der Waals surface area contributed by atoms with Crippen molar-refractivity contribution in [2.75, 3.05) is 37.2 Å². The van der Waals surface area contributed by atoms with E-state index >= 15 is 4.39 Å². The van der Waals surface area contributed by atoms with Crippen LogP contribution < -0.4 is 21.1 Å². The number of sulfone groups is 1. The number of aliphatic carboxylic acids is 1. The second-order valence-corrected chi connectivity index (χ2v) is 12.9. The first-order chi connectivity index (χ1) is 22.6. The van der Waals surface area contributed by atoms with Crippen LogP contribution in [0, 0.1) is 23.4 Å². The van der Waals surface area contributed by atoms with Crippen molar-refractivity contribution in [2.45, 2.75) is 30.3 Å². The molecule has 0 spiro atoms. The number of anilines is 2. The van der Waals surface area contributed by atoms with E-state index in [0.717, 1.165) is 43.4 Å². The van der Waals surface area contributed by atoms with Gasteiger partial charge in [0.25, 0.3) is 5.91 Å². The molecule has 256 valence electrons. The zero-order chi connectivity index (χ0) is 35.5. The number of carbonyl (C=O) groups is 4. The summed E-state index contributed by atoms with van der Waals surface area (Å²) in [6.07, 6.45) is -1.06. The lowest BCUT2D eigenvalue weighted by Crippen LogP contribution is -2.40. The maximum Gasteiger partial charge on any atom is 0.411 e. The zero-order valence-electron chi connectivity index (χ0n) is 25.8. The summed E-state index contributed by atoms with van der Waals surface area (Å²) in [4.78, 5) is 51.6. The number of nitrogens with one attached hydrogen (secondary N) is 2. The number of likely N-dealkylation sites (tertiary alicyclic amines) is 1. The van der Waals surface area contributed by atoms with Gasteiger partial charge >= 0.3 is 12.1 Å². The minimum atomic E-state index is -4.05. The molecule has 3 aromatic carbocycles. The molecule has 1 heterocycles. The third-order valence-corrected chi connectivity index (χ3v) is 9.65. The van der Waals surface area contributed by atoms with Crippen LogP contribution in [0.25, 0.3) is 0 Å². The topological polar surface area (TPSA) is 194 Å². The van der Waals surface area contributed by atoms with E-state index in [9.17, 15) is 41.5 Å². The molecule has 0 aliphatic carbocycles. The highest BCUT2D eigenvalue weighted by Gasteiger charge is 2.46. The van der Waals surface area contributed by atoms with Crippen molar-refractivity contribution in [3.05, 3.63) is 82.7 Å². The minimum Gasteiger partial charge on any atom is -0.494 e. The van der Waals surface area contributed by atoms with E-state index in [1.54, 1.807) is 0 Å². The zero-order valence-corrected chi connectivity index (χ0v) is 26.6. The fourth-order valence-electron chi connectivity index (χ4n) is 5.46. The van der Waals surface area contributed by atoms with Crippen LogP contribution in [-0.2, 0) is 24.2 Å². The van der Waals surface area contributed by atoms with E-state index < -0.39 is 86.2 Å². The first-order valence-electron chi connectivity index (χ1n) is 14.3. The number of carboxylic acid groups (broad SMARTS) is 1. The van der Waals surface area contributed by atoms with Crippen LogP contribution in [0.4, 0.5) is 29.3 Å². The lowest BCUT2D eigenvalue weighted by atomic mass is 9.92. The Balaban J connectivity index is 1.93. The monoisotopic (exact) mass is 692 g/mol. The van der Waals surface area contributed by atoms with Crippen LogP contribution in [0.3, 0.4) is 0 Å². The summed E-state index contributed by atoms with van der Waals surface area (Å²) in [5.41, 5.74) is 3.82. The number of benzene rings is 3. The van der Waals surface area contributed by atoms with Crippen LogP contribution in [0.2, 0.25) is 0 Å². The predicted molar refractivity (Wildman–Crippen MR) is 165 cm³/mol. The maximum absolute atomic E-state index is 15.1. The molecule has 0 aromatic heterocycles. The standard InChI is InChI=1S/C31H31F3N4O9S/c1-4-48(44,45)25-8-6-16(36-31(43)47-3)12-19(25)27-17(30(41)42)9-10-38(27)29(40)26(15-5-7-20(32)24(11-15)46-2)37-23-13-18(28(35)39)21(33)14-22(23)34/h5-8,11-14,17,26-27,37H,4,9-10H2,1-3H3,(H2,35,39)(H,36,43)(H,41,42)/t17?,26-,27?/m0/s1. The second-order valence-electron chi connectivity index (χ2n) is 10.6. The van der Waals surface area contributed by atoms with E-state index in [4.69, 9.17) is 10.5 Å². The molecule has 1 fully saturated rings. The van der Waals surface area contributed by atoms with Crippen LogP contribution in [0.5, 0.6) is 5.75 Å². The van der Waals surface area contributed by atoms with Crippen molar-refractivity contribution in [3.8, 4) is 5.75 Å². The summed E-state index contributed by atoms with van der Waals surface area (Å²) < 4.78 is 79.9. The number of carbonyl (C=O) groups excluding carboxylic acids is 3. The van der Waals surface area contributed by atoms with Gasteiger partial charge in [0, 0.05) is 18.3 Å². The Morgan fingerprint density at radius 2 is 1.73 bits per heavy atom. The summed E-state index contributed by atoms with van der Waals surface area (Å²) in [5, 5.41) is 15.2. The highest BCUT2D eigenvalue weighted by atomic mass is 32.2. The summed E-state index contributed by atoms with van der Waals surface area (Å²) >= 11 is 0. The quantitative estimate of drug-likeness (QED) is 0.228. The van der Waals surface area contributed by atoms with Crippen LogP contribution in [0.15, 0.2) is 53.4 Å². The Bertz CT molecular complexity index is 1890. The van der Waals surface area contributed by atoms with Crippen LogP contribution in [0.1, 0.15) is 46.9 Å². The van der Waals surface area contributed by atoms with Gasteiger partial charge < -0.3 is 30.5 Å². The second kappa shape index (κ2) is 14.2. The van der Waals surface area contributed by atoms with Crippen molar-refractivity contribution < 1.29 is 55.3 Å². The van der Waals surface area contributed by atoms with E-state index in [-0.39, 0.29) is 40.4 Å². The molecule has 13 nitrogen and oxygen atoms in total. The molecule has 1 aliphatic heterocycles. The Kier molecular flexibility index (Phi) is 10.5. The number of amides is 3. The van der Waals surface area contributed by atoms with Gasteiger partial charge in [0.05, 0.1) is 48.1 Å². The minimum absolute atomic E-state index is 0.0253. The molecule has 48 heavy (non-hydrogen) atoms. The number of hydrogen-bond acceptors (Lipinski definition) is 9. The maximum atomic E-state index is 15.1. The average Bonchev–Trinajstić information content (AvgIpc) is 3.50. The van der Waals surface area contributed by atoms with E-state index in [0.29, 0.717) is 6.07 Å². The number of ether oxygens (including phenoxy) is 2. The number of methoxy groups -OCH3 is 2. The summed E-state index contributed by atoms with van der Waals surface area (Å²) in [6, 6.07) is 4.87. The van der Waals surface area contributed by atoms with Gasteiger partial charge in [-0.15, -0.1) is 0 Å². The third kappa shape index (κ3) is 7.15. The summed E-state index contributed by atoms with van der Waals surface area (Å²) in [5.74, 6) is -8.94. The molecule has 3 amide bonds. The first-order valence-corrected chi connectivity index (χ1v) is 15.9. The molecule has 1 aliphatic rings. The average molecular weight is 693 g/mol. The van der Waals surface area contributed by atoms with Crippen molar-refractivity contribution in [2.24, 2.45) is 11.7 Å². The lowest BCUT2D eigenvalue weighted by Gasteiger charge is -2.33. The van der Waals surface area contributed by atoms with Crippen molar-refractivity contribution in [1.29, 1.82) is 0 Å². The van der Waals surface area contributed by atoms with Gasteiger partial charge in [-0.1, -0.05) is 13.0 Å². The highest BCUT2D eigenvalue weighted by molar-refractivity contribution is 7.91. The molecule has 0 bridgehead atoms. The Hall–Kier alpha value is -5.32.